The topological polar surface area (TPSA) is 32.3 Å². The van der Waals surface area contributed by atoms with E-state index in [9.17, 15) is 5.11 Å². The van der Waals surface area contributed by atoms with Crippen LogP contribution >= 0.6 is 0 Å². The molecule has 2 aromatic carbocycles. The van der Waals surface area contributed by atoms with Crippen molar-refractivity contribution in [3.8, 4) is 0 Å². The summed E-state index contributed by atoms with van der Waals surface area (Å²) in [6.45, 7) is 4.38. The van der Waals surface area contributed by atoms with Gasteiger partial charge in [-0.05, 0) is 24.0 Å². The van der Waals surface area contributed by atoms with E-state index in [4.69, 9.17) is 0 Å². The minimum absolute atomic E-state index is 0.295. The Morgan fingerprint density at radius 1 is 1.00 bits per heavy atom. The Morgan fingerprint density at radius 3 is 2.24 bits per heavy atom. The second-order valence-corrected chi connectivity index (χ2v) is 5.25. The summed E-state index contributed by atoms with van der Waals surface area (Å²) in [5.74, 6) is 0. The highest BCUT2D eigenvalue weighted by atomic mass is 16.3. The van der Waals surface area contributed by atoms with E-state index in [0.29, 0.717) is 12.6 Å². The predicted molar refractivity (Wildman–Crippen MR) is 88.2 cm³/mol. The molecule has 0 aliphatic rings. The largest absolute Gasteiger partial charge is 0.387 e. The third-order valence-corrected chi connectivity index (χ3v) is 3.56. The van der Waals surface area contributed by atoms with E-state index < -0.39 is 6.10 Å². The summed E-state index contributed by atoms with van der Waals surface area (Å²) in [6.07, 6.45) is 3.27. The van der Waals surface area contributed by atoms with Gasteiger partial charge in [0.1, 0.15) is 0 Å². The van der Waals surface area contributed by atoms with Crippen molar-refractivity contribution >= 4 is 0 Å². The lowest BCUT2D eigenvalue weighted by Gasteiger charge is -2.20. The monoisotopic (exact) mass is 281 g/mol. The molecule has 2 heteroatoms. The fourth-order valence-electron chi connectivity index (χ4n) is 2.41. The van der Waals surface area contributed by atoms with Gasteiger partial charge in [-0.2, -0.15) is 0 Å². The van der Waals surface area contributed by atoms with Crippen LogP contribution in [0.5, 0.6) is 0 Å². The van der Waals surface area contributed by atoms with Crippen molar-refractivity contribution in [1.29, 1.82) is 0 Å². The smallest absolute Gasteiger partial charge is 0.0914 e. The average molecular weight is 281 g/mol. The fraction of sp³-hybridized carbons (Fsp3) is 0.263. The van der Waals surface area contributed by atoms with Crippen LogP contribution in [-0.4, -0.2) is 17.7 Å². The summed E-state index contributed by atoms with van der Waals surface area (Å²) in [6, 6.07) is 20.4. The van der Waals surface area contributed by atoms with Crippen molar-refractivity contribution in [2.24, 2.45) is 0 Å². The van der Waals surface area contributed by atoms with E-state index >= 15 is 0 Å². The molecule has 0 fully saturated rings. The SMILES string of the molecule is C=CCC(Cc1ccccc1)NCC(O)c1ccccc1. The summed E-state index contributed by atoms with van der Waals surface area (Å²) >= 11 is 0. The van der Waals surface area contributed by atoms with Gasteiger partial charge in [-0.1, -0.05) is 66.7 Å². The van der Waals surface area contributed by atoms with Gasteiger partial charge in [0, 0.05) is 12.6 Å². The molecule has 2 nitrogen and oxygen atoms in total. The molecule has 0 heterocycles. The van der Waals surface area contributed by atoms with E-state index in [0.717, 1.165) is 18.4 Å². The van der Waals surface area contributed by atoms with Crippen LogP contribution in [0.1, 0.15) is 23.7 Å². The maximum atomic E-state index is 10.2. The molecule has 0 bridgehead atoms. The lowest BCUT2D eigenvalue weighted by atomic mass is 10.0. The molecule has 0 aromatic heterocycles. The molecule has 0 amide bonds. The molecule has 0 aliphatic carbocycles. The summed E-state index contributed by atoms with van der Waals surface area (Å²) < 4.78 is 0. The van der Waals surface area contributed by atoms with E-state index in [1.54, 1.807) is 0 Å². The standard InChI is InChI=1S/C19H23NO/c1-2-9-18(14-16-10-5-3-6-11-16)20-15-19(21)17-12-7-4-8-13-17/h2-8,10-13,18-21H,1,9,14-15H2. The third kappa shape index (κ3) is 5.18. The lowest BCUT2D eigenvalue weighted by Crippen LogP contribution is -2.34. The van der Waals surface area contributed by atoms with E-state index in [2.05, 4.69) is 36.2 Å². The van der Waals surface area contributed by atoms with E-state index in [1.807, 2.05) is 42.5 Å². The van der Waals surface area contributed by atoms with Crippen LogP contribution in [0.25, 0.3) is 0 Å². The molecule has 0 saturated carbocycles. The quantitative estimate of drug-likeness (QED) is 0.726. The van der Waals surface area contributed by atoms with Crippen LogP contribution < -0.4 is 5.32 Å². The predicted octanol–water partition coefficient (Wildman–Crippen LogP) is 3.50. The molecule has 0 aliphatic heterocycles. The Morgan fingerprint density at radius 2 is 1.62 bits per heavy atom. The van der Waals surface area contributed by atoms with Crippen molar-refractivity contribution in [3.63, 3.8) is 0 Å². The molecule has 110 valence electrons. The Kier molecular flexibility index (Phi) is 6.20. The van der Waals surface area contributed by atoms with Gasteiger partial charge in [0.15, 0.2) is 0 Å². The van der Waals surface area contributed by atoms with Crippen molar-refractivity contribution in [3.05, 3.63) is 84.4 Å². The normalized spacial score (nSPS) is 13.6. The highest BCUT2D eigenvalue weighted by molar-refractivity contribution is 5.18. The number of aliphatic hydroxyl groups is 1. The molecule has 0 saturated heterocycles. The maximum Gasteiger partial charge on any atom is 0.0914 e. The minimum atomic E-state index is -0.478. The summed E-state index contributed by atoms with van der Waals surface area (Å²) in [7, 11) is 0. The molecule has 2 aromatic rings. The van der Waals surface area contributed by atoms with E-state index in [-0.39, 0.29) is 0 Å². The van der Waals surface area contributed by atoms with Gasteiger partial charge in [0.2, 0.25) is 0 Å². The van der Waals surface area contributed by atoms with Crippen LogP contribution in [0, 0.1) is 0 Å². The molecule has 0 spiro atoms. The van der Waals surface area contributed by atoms with Gasteiger partial charge in [0.05, 0.1) is 6.10 Å². The van der Waals surface area contributed by atoms with Gasteiger partial charge < -0.3 is 10.4 Å². The Balaban J connectivity index is 1.89. The van der Waals surface area contributed by atoms with Gasteiger partial charge in [-0.3, -0.25) is 0 Å². The number of aliphatic hydroxyl groups excluding tert-OH is 1. The molecule has 2 rings (SSSR count). The lowest BCUT2D eigenvalue weighted by molar-refractivity contribution is 0.169. The molecule has 2 N–H and O–H groups in total. The van der Waals surface area contributed by atoms with Crippen molar-refractivity contribution in [1.82, 2.24) is 5.32 Å². The summed E-state index contributed by atoms with van der Waals surface area (Å²) in [4.78, 5) is 0. The number of hydrogen-bond acceptors (Lipinski definition) is 2. The van der Waals surface area contributed by atoms with Gasteiger partial charge in [0.25, 0.3) is 0 Å². The zero-order valence-electron chi connectivity index (χ0n) is 12.3. The molecule has 2 atom stereocenters. The van der Waals surface area contributed by atoms with Crippen LogP contribution in [0.3, 0.4) is 0 Å². The number of nitrogens with one attached hydrogen (secondary N) is 1. The van der Waals surface area contributed by atoms with E-state index in [1.165, 1.54) is 5.56 Å². The third-order valence-electron chi connectivity index (χ3n) is 3.56. The zero-order chi connectivity index (χ0) is 14.9. The number of rotatable bonds is 8. The molecule has 0 radical (unpaired) electrons. The van der Waals surface area contributed by atoms with Crippen LogP contribution in [0.4, 0.5) is 0 Å². The van der Waals surface area contributed by atoms with Crippen molar-refractivity contribution < 1.29 is 5.11 Å². The first-order valence-corrected chi connectivity index (χ1v) is 7.41. The fourth-order valence-corrected chi connectivity index (χ4v) is 2.41. The Labute approximate surface area is 127 Å². The highest BCUT2D eigenvalue weighted by Crippen LogP contribution is 2.12. The van der Waals surface area contributed by atoms with Crippen LogP contribution in [-0.2, 0) is 6.42 Å². The second-order valence-electron chi connectivity index (χ2n) is 5.25. The summed E-state index contributed by atoms with van der Waals surface area (Å²) in [5, 5.41) is 13.7. The van der Waals surface area contributed by atoms with Crippen molar-refractivity contribution in [2.45, 2.75) is 25.0 Å². The number of benzene rings is 2. The zero-order valence-corrected chi connectivity index (χ0v) is 12.3. The van der Waals surface area contributed by atoms with Crippen LogP contribution in [0.15, 0.2) is 73.3 Å². The average Bonchev–Trinajstić information content (AvgIpc) is 2.54. The first-order chi connectivity index (χ1) is 10.3. The maximum absolute atomic E-state index is 10.2. The highest BCUT2D eigenvalue weighted by Gasteiger charge is 2.11. The van der Waals surface area contributed by atoms with Gasteiger partial charge >= 0.3 is 0 Å². The minimum Gasteiger partial charge on any atom is -0.387 e. The summed E-state index contributed by atoms with van der Waals surface area (Å²) in [5.41, 5.74) is 2.24. The molecule has 2 unspecified atom stereocenters. The number of hydrogen-bond donors (Lipinski definition) is 2. The molecule has 21 heavy (non-hydrogen) atoms. The van der Waals surface area contributed by atoms with Gasteiger partial charge in [-0.15, -0.1) is 6.58 Å². The second kappa shape index (κ2) is 8.40. The first-order valence-electron chi connectivity index (χ1n) is 7.41. The first kappa shape index (κ1) is 15.5. The molecular formula is C19H23NO. The molecular weight excluding hydrogens is 258 g/mol. The van der Waals surface area contributed by atoms with Crippen LogP contribution in [0.2, 0.25) is 0 Å². The Bertz CT molecular complexity index is 524. The van der Waals surface area contributed by atoms with Gasteiger partial charge in [-0.25, -0.2) is 0 Å². The van der Waals surface area contributed by atoms with Crippen molar-refractivity contribution in [2.75, 3.05) is 6.54 Å². The Hall–Kier alpha value is -1.90.